The van der Waals surface area contributed by atoms with E-state index in [0.29, 0.717) is 10.8 Å². The predicted octanol–water partition coefficient (Wildman–Crippen LogP) is 3.03. The fourth-order valence-electron chi connectivity index (χ4n) is 2.04. The largest absolute Gasteiger partial charge is 0.459 e. The van der Waals surface area contributed by atoms with Crippen molar-refractivity contribution >= 4 is 22.6 Å². The predicted molar refractivity (Wildman–Crippen MR) is 74.6 cm³/mol. The number of aromatic nitrogens is 1. The van der Waals surface area contributed by atoms with Gasteiger partial charge in [0.25, 0.3) is 0 Å². The second-order valence-corrected chi connectivity index (χ2v) is 4.62. The van der Waals surface area contributed by atoms with E-state index in [1.165, 1.54) is 0 Å². The number of benzene rings is 1. The Morgan fingerprint density at radius 3 is 2.84 bits per heavy atom. The van der Waals surface area contributed by atoms with Crippen LogP contribution in [-0.2, 0) is 0 Å². The van der Waals surface area contributed by atoms with E-state index >= 15 is 0 Å². The molecule has 19 heavy (non-hydrogen) atoms. The topological polar surface area (TPSA) is 64.1 Å². The number of nitrogens with zero attached hydrogens (tertiary/aromatic N) is 1. The van der Waals surface area contributed by atoms with Gasteiger partial charge >= 0.3 is 0 Å². The molecular weight excluding hydrogens is 262 g/mol. The second kappa shape index (κ2) is 5.01. The first kappa shape index (κ1) is 12.2. The van der Waals surface area contributed by atoms with Crippen LogP contribution < -0.4 is 11.3 Å². The van der Waals surface area contributed by atoms with E-state index in [2.05, 4.69) is 10.4 Å². The van der Waals surface area contributed by atoms with E-state index in [9.17, 15) is 0 Å². The zero-order valence-corrected chi connectivity index (χ0v) is 10.8. The average Bonchev–Trinajstić information content (AvgIpc) is 2.83. The minimum Gasteiger partial charge on any atom is -0.459 e. The van der Waals surface area contributed by atoms with Crippen molar-refractivity contribution in [3.8, 4) is 0 Å². The summed E-state index contributed by atoms with van der Waals surface area (Å²) in [6, 6.07) is 12.8. The molecule has 2 heterocycles. The van der Waals surface area contributed by atoms with Gasteiger partial charge in [-0.05, 0) is 36.4 Å². The van der Waals surface area contributed by atoms with E-state index in [1.807, 2.05) is 36.4 Å². The van der Waals surface area contributed by atoms with Gasteiger partial charge in [-0.15, -0.1) is 0 Å². The van der Waals surface area contributed by atoms with Gasteiger partial charge in [0.1, 0.15) is 17.4 Å². The number of nitrogens with two attached hydrogens (primary N) is 1. The smallest absolute Gasteiger partial charge is 0.134 e. The van der Waals surface area contributed by atoms with E-state index in [-0.39, 0.29) is 6.04 Å². The van der Waals surface area contributed by atoms with Crippen molar-refractivity contribution in [3.05, 3.63) is 65.1 Å². The fraction of sp³-hybridized carbons (Fsp3) is 0.0714. The molecule has 0 spiro atoms. The van der Waals surface area contributed by atoms with Crippen LogP contribution in [0.25, 0.3) is 11.0 Å². The number of hydrazine groups is 1. The molecule has 0 aliphatic rings. The van der Waals surface area contributed by atoms with Crippen LogP contribution in [0.2, 0.25) is 5.02 Å². The Morgan fingerprint density at radius 2 is 2.11 bits per heavy atom. The lowest BCUT2D eigenvalue weighted by Gasteiger charge is -2.11. The van der Waals surface area contributed by atoms with Crippen molar-refractivity contribution < 1.29 is 4.42 Å². The molecule has 0 bridgehead atoms. The van der Waals surface area contributed by atoms with Gasteiger partial charge in [0.05, 0.1) is 5.69 Å². The Labute approximate surface area is 115 Å². The molecule has 3 rings (SSSR count). The van der Waals surface area contributed by atoms with Gasteiger partial charge in [-0.3, -0.25) is 10.8 Å². The Hall–Kier alpha value is -1.88. The minimum absolute atomic E-state index is 0.285. The summed E-state index contributed by atoms with van der Waals surface area (Å²) in [6.45, 7) is 0. The van der Waals surface area contributed by atoms with E-state index in [1.54, 1.807) is 12.3 Å². The van der Waals surface area contributed by atoms with Crippen LogP contribution in [0.5, 0.6) is 0 Å². The standard InChI is InChI=1S/C14H12ClN3O/c15-10-4-5-12-9(7-10)8-13(19-12)14(18-16)11-3-1-2-6-17-11/h1-8,14,18H,16H2. The van der Waals surface area contributed by atoms with Crippen LogP contribution in [0.3, 0.4) is 0 Å². The summed E-state index contributed by atoms with van der Waals surface area (Å²) in [5.74, 6) is 6.32. The van der Waals surface area contributed by atoms with Gasteiger partial charge in [0, 0.05) is 16.6 Å². The highest BCUT2D eigenvalue weighted by atomic mass is 35.5. The molecule has 0 fully saturated rings. The van der Waals surface area contributed by atoms with Gasteiger partial charge in [0.2, 0.25) is 0 Å². The summed E-state index contributed by atoms with van der Waals surface area (Å²) in [6.07, 6.45) is 1.72. The maximum absolute atomic E-state index is 5.96. The quantitative estimate of drug-likeness (QED) is 0.569. The molecule has 1 atom stereocenters. The van der Waals surface area contributed by atoms with Crippen molar-refractivity contribution in [2.45, 2.75) is 6.04 Å². The molecule has 1 aromatic carbocycles. The summed E-state index contributed by atoms with van der Waals surface area (Å²) in [7, 11) is 0. The van der Waals surface area contributed by atoms with E-state index in [0.717, 1.165) is 16.7 Å². The zero-order chi connectivity index (χ0) is 13.2. The normalized spacial score (nSPS) is 12.7. The number of pyridine rings is 1. The molecule has 3 aromatic rings. The highest BCUT2D eigenvalue weighted by Gasteiger charge is 2.18. The Morgan fingerprint density at radius 1 is 1.21 bits per heavy atom. The van der Waals surface area contributed by atoms with Crippen molar-refractivity contribution in [2.24, 2.45) is 5.84 Å². The lowest BCUT2D eigenvalue weighted by Crippen LogP contribution is -2.29. The molecule has 3 N–H and O–H groups in total. The molecule has 1 unspecified atom stereocenters. The number of hydrogen-bond donors (Lipinski definition) is 2. The molecule has 0 saturated carbocycles. The summed E-state index contributed by atoms with van der Waals surface area (Å²) >= 11 is 5.96. The summed E-state index contributed by atoms with van der Waals surface area (Å²) < 4.78 is 5.79. The summed E-state index contributed by atoms with van der Waals surface area (Å²) in [5.41, 5.74) is 4.30. The molecule has 5 heteroatoms. The summed E-state index contributed by atoms with van der Waals surface area (Å²) in [5, 5.41) is 1.62. The second-order valence-electron chi connectivity index (χ2n) is 4.19. The molecule has 96 valence electrons. The van der Waals surface area contributed by atoms with Gasteiger partial charge in [0.15, 0.2) is 0 Å². The van der Waals surface area contributed by atoms with Crippen LogP contribution in [0, 0.1) is 0 Å². The molecular formula is C14H12ClN3O. The molecule has 2 aromatic heterocycles. The fourth-order valence-corrected chi connectivity index (χ4v) is 2.22. The van der Waals surface area contributed by atoms with Gasteiger partial charge in [-0.25, -0.2) is 5.43 Å². The third kappa shape index (κ3) is 2.33. The lowest BCUT2D eigenvalue weighted by atomic mass is 10.1. The van der Waals surface area contributed by atoms with Crippen LogP contribution in [-0.4, -0.2) is 4.98 Å². The first-order valence-electron chi connectivity index (χ1n) is 5.84. The molecule has 0 saturated heterocycles. The van der Waals surface area contributed by atoms with Crippen molar-refractivity contribution in [2.75, 3.05) is 0 Å². The molecule has 4 nitrogen and oxygen atoms in total. The van der Waals surface area contributed by atoms with Crippen LogP contribution >= 0.6 is 11.6 Å². The first-order chi connectivity index (χ1) is 9.28. The number of halogens is 1. The van der Waals surface area contributed by atoms with E-state index < -0.39 is 0 Å². The Kier molecular flexibility index (Phi) is 3.21. The Bertz CT molecular complexity index is 696. The van der Waals surface area contributed by atoms with Crippen molar-refractivity contribution in [1.29, 1.82) is 0 Å². The number of hydrogen-bond acceptors (Lipinski definition) is 4. The third-order valence-electron chi connectivity index (χ3n) is 2.93. The maximum atomic E-state index is 5.96. The summed E-state index contributed by atoms with van der Waals surface area (Å²) in [4.78, 5) is 4.29. The van der Waals surface area contributed by atoms with Gasteiger partial charge < -0.3 is 4.42 Å². The molecule has 0 amide bonds. The number of fused-ring (bicyclic) bond motifs is 1. The average molecular weight is 274 g/mol. The molecule has 0 aliphatic carbocycles. The van der Waals surface area contributed by atoms with Crippen LogP contribution in [0.15, 0.2) is 53.1 Å². The highest BCUT2D eigenvalue weighted by molar-refractivity contribution is 6.31. The van der Waals surface area contributed by atoms with Gasteiger partial charge in [-0.2, -0.15) is 0 Å². The Balaban J connectivity index is 2.07. The first-order valence-corrected chi connectivity index (χ1v) is 6.22. The SMILES string of the molecule is NNC(c1ccccn1)c1cc2cc(Cl)ccc2o1. The number of furan rings is 1. The number of nitrogens with one attached hydrogen (secondary N) is 1. The zero-order valence-electron chi connectivity index (χ0n) is 10.0. The van der Waals surface area contributed by atoms with E-state index in [4.69, 9.17) is 21.9 Å². The molecule has 0 aliphatic heterocycles. The van der Waals surface area contributed by atoms with Crippen molar-refractivity contribution in [1.82, 2.24) is 10.4 Å². The van der Waals surface area contributed by atoms with Crippen molar-refractivity contribution in [3.63, 3.8) is 0 Å². The lowest BCUT2D eigenvalue weighted by molar-refractivity contribution is 0.471. The molecule has 0 radical (unpaired) electrons. The van der Waals surface area contributed by atoms with Crippen LogP contribution in [0.4, 0.5) is 0 Å². The minimum atomic E-state index is -0.285. The van der Waals surface area contributed by atoms with Gasteiger partial charge in [-0.1, -0.05) is 17.7 Å². The maximum Gasteiger partial charge on any atom is 0.134 e. The van der Waals surface area contributed by atoms with Crippen LogP contribution in [0.1, 0.15) is 17.5 Å². The number of rotatable bonds is 3. The highest BCUT2D eigenvalue weighted by Crippen LogP contribution is 2.28. The monoisotopic (exact) mass is 273 g/mol. The third-order valence-corrected chi connectivity index (χ3v) is 3.17.